The number of benzene rings is 1. The van der Waals surface area contributed by atoms with E-state index in [9.17, 15) is 13.2 Å². The first kappa shape index (κ1) is 12.5. The summed E-state index contributed by atoms with van der Waals surface area (Å²) in [4.78, 5) is 0. The summed E-state index contributed by atoms with van der Waals surface area (Å²) in [6.07, 6.45) is -4.37. The molecule has 0 amide bonds. The standard InChI is InChI=1S/C12H12F3N3/c1-7-8(2)17-18(11(7)16)10-5-3-4-9(6-10)12(13,14)15/h3-6H,16H2,1-2H3. The molecule has 2 rings (SSSR count). The van der Waals surface area contributed by atoms with Gasteiger partial charge in [0.25, 0.3) is 0 Å². The van der Waals surface area contributed by atoms with Crippen LogP contribution in [0.2, 0.25) is 0 Å². The van der Waals surface area contributed by atoms with Crippen molar-refractivity contribution in [3.63, 3.8) is 0 Å². The molecule has 0 aliphatic rings. The summed E-state index contributed by atoms with van der Waals surface area (Å²) < 4.78 is 39.1. The Hall–Kier alpha value is -1.98. The van der Waals surface area contributed by atoms with Gasteiger partial charge in [0, 0.05) is 5.56 Å². The predicted molar refractivity (Wildman–Crippen MR) is 62.5 cm³/mol. The lowest BCUT2D eigenvalue weighted by Gasteiger charge is -2.09. The van der Waals surface area contributed by atoms with Gasteiger partial charge in [0.1, 0.15) is 5.82 Å². The maximum atomic E-state index is 12.6. The molecule has 1 heterocycles. The van der Waals surface area contributed by atoms with Crippen LogP contribution >= 0.6 is 0 Å². The molecule has 0 fully saturated rings. The molecule has 3 nitrogen and oxygen atoms in total. The molecule has 0 aliphatic heterocycles. The lowest BCUT2D eigenvalue weighted by molar-refractivity contribution is -0.137. The number of rotatable bonds is 1. The number of hydrogen-bond acceptors (Lipinski definition) is 2. The monoisotopic (exact) mass is 255 g/mol. The van der Waals surface area contributed by atoms with Gasteiger partial charge in [0.15, 0.2) is 0 Å². The van der Waals surface area contributed by atoms with Crippen LogP contribution in [0.25, 0.3) is 5.69 Å². The molecule has 2 N–H and O–H groups in total. The van der Waals surface area contributed by atoms with E-state index in [1.165, 1.54) is 16.8 Å². The van der Waals surface area contributed by atoms with Crippen molar-refractivity contribution in [1.82, 2.24) is 9.78 Å². The number of nitrogen functional groups attached to an aromatic ring is 1. The maximum Gasteiger partial charge on any atom is 0.416 e. The minimum atomic E-state index is -4.37. The molecular weight excluding hydrogens is 243 g/mol. The van der Waals surface area contributed by atoms with Crippen molar-refractivity contribution in [3.05, 3.63) is 41.1 Å². The average Bonchev–Trinajstić information content (AvgIpc) is 2.56. The van der Waals surface area contributed by atoms with Crippen LogP contribution in [-0.2, 0) is 6.18 Å². The summed E-state index contributed by atoms with van der Waals surface area (Å²) in [7, 11) is 0. The fraction of sp³-hybridized carbons (Fsp3) is 0.250. The van der Waals surface area contributed by atoms with Crippen molar-refractivity contribution in [2.45, 2.75) is 20.0 Å². The van der Waals surface area contributed by atoms with Crippen LogP contribution < -0.4 is 5.73 Å². The zero-order valence-electron chi connectivity index (χ0n) is 9.92. The zero-order valence-corrected chi connectivity index (χ0v) is 9.92. The van der Waals surface area contributed by atoms with Crippen LogP contribution in [0, 0.1) is 13.8 Å². The Bertz CT molecular complexity index is 585. The van der Waals surface area contributed by atoms with Crippen LogP contribution in [-0.4, -0.2) is 9.78 Å². The third-order valence-electron chi connectivity index (χ3n) is 2.82. The molecule has 0 saturated carbocycles. The minimum absolute atomic E-state index is 0.304. The normalized spacial score (nSPS) is 11.8. The first-order chi connectivity index (χ1) is 8.30. The van der Waals surface area contributed by atoms with Crippen molar-refractivity contribution >= 4 is 5.82 Å². The fourth-order valence-electron chi connectivity index (χ4n) is 1.63. The van der Waals surface area contributed by atoms with Crippen LogP contribution in [0.4, 0.5) is 19.0 Å². The molecular formula is C12H12F3N3. The molecule has 0 radical (unpaired) electrons. The highest BCUT2D eigenvalue weighted by molar-refractivity contribution is 5.50. The third-order valence-corrected chi connectivity index (χ3v) is 2.82. The molecule has 1 aromatic heterocycles. The van der Waals surface area contributed by atoms with Gasteiger partial charge in [-0.1, -0.05) is 6.07 Å². The second-order valence-corrected chi connectivity index (χ2v) is 4.06. The van der Waals surface area contributed by atoms with Gasteiger partial charge in [-0.05, 0) is 32.0 Å². The number of aromatic nitrogens is 2. The largest absolute Gasteiger partial charge is 0.416 e. The predicted octanol–water partition coefficient (Wildman–Crippen LogP) is 3.09. The van der Waals surface area contributed by atoms with Crippen LogP contribution in [0.5, 0.6) is 0 Å². The Morgan fingerprint density at radius 1 is 1.22 bits per heavy atom. The second kappa shape index (κ2) is 4.04. The Balaban J connectivity index is 2.55. The van der Waals surface area contributed by atoms with Crippen molar-refractivity contribution in [2.24, 2.45) is 0 Å². The van der Waals surface area contributed by atoms with Crippen molar-refractivity contribution in [3.8, 4) is 5.69 Å². The van der Waals surface area contributed by atoms with Crippen LogP contribution in [0.1, 0.15) is 16.8 Å². The molecule has 1 aromatic carbocycles. The molecule has 6 heteroatoms. The Morgan fingerprint density at radius 3 is 2.39 bits per heavy atom. The smallest absolute Gasteiger partial charge is 0.383 e. The van der Waals surface area contributed by atoms with Crippen LogP contribution in [0.3, 0.4) is 0 Å². The highest BCUT2D eigenvalue weighted by atomic mass is 19.4. The molecule has 0 spiro atoms. The van der Waals surface area contributed by atoms with Crippen LogP contribution in [0.15, 0.2) is 24.3 Å². The Morgan fingerprint density at radius 2 is 1.89 bits per heavy atom. The number of alkyl halides is 3. The quantitative estimate of drug-likeness (QED) is 0.851. The first-order valence-corrected chi connectivity index (χ1v) is 5.30. The van der Waals surface area contributed by atoms with Gasteiger partial charge in [0.2, 0.25) is 0 Å². The molecule has 2 aromatic rings. The van der Waals surface area contributed by atoms with E-state index in [-0.39, 0.29) is 0 Å². The van der Waals surface area contributed by atoms with E-state index in [0.717, 1.165) is 17.7 Å². The summed E-state index contributed by atoms with van der Waals surface area (Å²) in [5, 5.41) is 4.13. The van der Waals surface area contributed by atoms with Gasteiger partial charge in [-0.25, -0.2) is 4.68 Å². The number of halogens is 3. The van der Waals surface area contributed by atoms with Gasteiger partial charge < -0.3 is 5.73 Å². The summed E-state index contributed by atoms with van der Waals surface area (Å²) in [5.41, 5.74) is 6.87. The van der Waals surface area contributed by atoms with E-state index in [2.05, 4.69) is 5.10 Å². The fourth-order valence-corrected chi connectivity index (χ4v) is 1.63. The molecule has 0 atom stereocenters. The molecule has 0 aliphatic carbocycles. The molecule has 96 valence electrons. The maximum absolute atomic E-state index is 12.6. The van der Waals surface area contributed by atoms with E-state index < -0.39 is 11.7 Å². The molecule has 0 unspecified atom stereocenters. The molecule has 0 bridgehead atoms. The summed E-state index contributed by atoms with van der Waals surface area (Å²) >= 11 is 0. The van der Waals surface area contributed by atoms with E-state index in [1.54, 1.807) is 13.8 Å². The zero-order chi connectivity index (χ0) is 13.5. The number of anilines is 1. The highest BCUT2D eigenvalue weighted by Crippen LogP contribution is 2.31. The second-order valence-electron chi connectivity index (χ2n) is 4.06. The van der Waals surface area contributed by atoms with Gasteiger partial charge in [-0.15, -0.1) is 0 Å². The number of nitrogens with two attached hydrogens (primary N) is 1. The van der Waals surface area contributed by atoms with E-state index in [0.29, 0.717) is 17.2 Å². The topological polar surface area (TPSA) is 43.8 Å². The molecule has 0 saturated heterocycles. The summed E-state index contributed by atoms with van der Waals surface area (Å²) in [6.45, 7) is 3.54. The Labute approximate surface area is 102 Å². The van der Waals surface area contributed by atoms with E-state index in [1.807, 2.05) is 0 Å². The van der Waals surface area contributed by atoms with Gasteiger partial charge in [0.05, 0.1) is 16.9 Å². The SMILES string of the molecule is Cc1nn(-c2cccc(C(F)(F)F)c2)c(N)c1C. The number of aryl methyl sites for hydroxylation is 1. The van der Waals surface area contributed by atoms with Gasteiger partial charge >= 0.3 is 6.18 Å². The van der Waals surface area contributed by atoms with Crippen molar-refractivity contribution in [1.29, 1.82) is 0 Å². The lowest BCUT2D eigenvalue weighted by atomic mass is 10.2. The third kappa shape index (κ3) is 2.05. The summed E-state index contributed by atoms with van der Waals surface area (Å²) in [6, 6.07) is 4.92. The minimum Gasteiger partial charge on any atom is -0.383 e. The summed E-state index contributed by atoms with van der Waals surface area (Å²) in [5.74, 6) is 0.354. The highest BCUT2D eigenvalue weighted by Gasteiger charge is 2.30. The average molecular weight is 255 g/mol. The van der Waals surface area contributed by atoms with Gasteiger partial charge in [-0.2, -0.15) is 18.3 Å². The molecule has 18 heavy (non-hydrogen) atoms. The first-order valence-electron chi connectivity index (χ1n) is 5.30. The lowest BCUT2D eigenvalue weighted by Crippen LogP contribution is -2.08. The van der Waals surface area contributed by atoms with E-state index in [4.69, 9.17) is 5.73 Å². The van der Waals surface area contributed by atoms with E-state index >= 15 is 0 Å². The number of nitrogens with zero attached hydrogens (tertiary/aromatic N) is 2. The Kier molecular flexibility index (Phi) is 2.80. The van der Waals surface area contributed by atoms with Crippen molar-refractivity contribution in [2.75, 3.05) is 5.73 Å². The number of hydrogen-bond donors (Lipinski definition) is 1. The van der Waals surface area contributed by atoms with Crippen molar-refractivity contribution < 1.29 is 13.2 Å². The van der Waals surface area contributed by atoms with Gasteiger partial charge in [-0.3, -0.25) is 0 Å².